The number of benzene rings is 2. The molecule has 0 aliphatic carbocycles. The summed E-state index contributed by atoms with van der Waals surface area (Å²) in [5, 5.41) is 0. The van der Waals surface area contributed by atoms with Crippen molar-refractivity contribution in [2.24, 2.45) is 5.92 Å². The highest BCUT2D eigenvalue weighted by Gasteiger charge is 2.45. The predicted molar refractivity (Wildman–Crippen MR) is 72.3 cm³/mol. The molecule has 0 aromatic heterocycles. The van der Waals surface area contributed by atoms with E-state index in [-0.39, 0.29) is 17.9 Å². The van der Waals surface area contributed by atoms with E-state index in [1.54, 1.807) is 0 Å². The Morgan fingerprint density at radius 2 is 1.44 bits per heavy atom. The number of β-lactam (4-membered cyclic amide) rings is 1. The fraction of sp³-hybridized carbons (Fsp3) is 0.188. The normalized spacial score (nSPS) is 22.7. The van der Waals surface area contributed by atoms with Gasteiger partial charge in [0.2, 0.25) is 5.91 Å². The Morgan fingerprint density at radius 3 is 2.06 bits per heavy atom. The van der Waals surface area contributed by atoms with E-state index in [0.717, 1.165) is 5.69 Å². The fourth-order valence-corrected chi connectivity index (χ4v) is 2.60. The minimum Gasteiger partial charge on any atom is -0.304 e. The zero-order valence-corrected chi connectivity index (χ0v) is 10.3. The Bertz CT molecular complexity index is 550. The zero-order chi connectivity index (χ0) is 12.5. The van der Waals surface area contributed by atoms with E-state index in [0.29, 0.717) is 0 Å². The molecule has 1 aliphatic heterocycles. The molecule has 1 aliphatic rings. The highest BCUT2D eigenvalue weighted by molar-refractivity contribution is 6.02. The van der Waals surface area contributed by atoms with Crippen LogP contribution in [0.2, 0.25) is 0 Å². The minimum atomic E-state index is 0.0626. The monoisotopic (exact) mass is 237 g/mol. The standard InChI is InChI=1S/C16H15NO/c1-12-15(13-8-4-2-5-9-13)17(16(12)18)14-10-6-3-7-11-14/h2-12,15H,1H3/t12-,15+/m0/s1. The molecule has 1 amide bonds. The lowest BCUT2D eigenvalue weighted by Gasteiger charge is -2.46. The van der Waals surface area contributed by atoms with Gasteiger partial charge >= 0.3 is 0 Å². The van der Waals surface area contributed by atoms with Crippen LogP contribution in [0.4, 0.5) is 5.69 Å². The summed E-state index contributed by atoms with van der Waals surface area (Å²) in [6.07, 6.45) is 0. The SMILES string of the molecule is C[C@@H]1C(=O)N(c2ccccc2)[C@H]1c1ccccc1. The van der Waals surface area contributed by atoms with E-state index in [2.05, 4.69) is 12.1 Å². The molecule has 0 radical (unpaired) electrons. The van der Waals surface area contributed by atoms with Gasteiger partial charge in [-0.15, -0.1) is 0 Å². The van der Waals surface area contributed by atoms with Crippen molar-refractivity contribution < 1.29 is 4.79 Å². The molecule has 18 heavy (non-hydrogen) atoms. The van der Waals surface area contributed by atoms with Crippen molar-refractivity contribution >= 4 is 11.6 Å². The molecule has 0 bridgehead atoms. The van der Waals surface area contributed by atoms with Crippen LogP contribution >= 0.6 is 0 Å². The summed E-state index contributed by atoms with van der Waals surface area (Å²) in [4.78, 5) is 14.0. The Morgan fingerprint density at radius 1 is 0.889 bits per heavy atom. The van der Waals surface area contributed by atoms with Gasteiger partial charge in [0, 0.05) is 5.69 Å². The molecular weight excluding hydrogens is 222 g/mol. The first-order chi connectivity index (χ1) is 8.79. The summed E-state index contributed by atoms with van der Waals surface area (Å²) in [6, 6.07) is 20.3. The van der Waals surface area contributed by atoms with Gasteiger partial charge in [0.05, 0.1) is 12.0 Å². The number of para-hydroxylation sites is 1. The van der Waals surface area contributed by atoms with Gasteiger partial charge in [-0.25, -0.2) is 0 Å². The van der Waals surface area contributed by atoms with Crippen LogP contribution in [-0.4, -0.2) is 5.91 Å². The van der Waals surface area contributed by atoms with Crippen LogP contribution in [0.25, 0.3) is 0 Å². The van der Waals surface area contributed by atoms with Crippen LogP contribution in [0.5, 0.6) is 0 Å². The summed E-state index contributed by atoms with van der Waals surface area (Å²) in [5.74, 6) is 0.266. The molecular formula is C16H15NO. The van der Waals surface area contributed by atoms with Crippen LogP contribution < -0.4 is 4.90 Å². The Hall–Kier alpha value is -2.09. The van der Waals surface area contributed by atoms with E-state index in [4.69, 9.17) is 0 Å². The Labute approximate surface area is 107 Å². The first-order valence-electron chi connectivity index (χ1n) is 6.22. The van der Waals surface area contributed by atoms with Gasteiger partial charge in [0.1, 0.15) is 0 Å². The lowest BCUT2D eigenvalue weighted by molar-refractivity contribution is -0.129. The first-order valence-corrected chi connectivity index (χ1v) is 6.22. The lowest BCUT2D eigenvalue weighted by atomic mass is 9.83. The molecule has 0 N–H and O–H groups in total. The summed E-state index contributed by atoms with van der Waals surface area (Å²) in [5.41, 5.74) is 2.18. The lowest BCUT2D eigenvalue weighted by Crippen LogP contribution is -2.54. The second-order valence-electron chi connectivity index (χ2n) is 4.69. The molecule has 2 nitrogen and oxygen atoms in total. The van der Waals surface area contributed by atoms with Gasteiger partial charge in [-0.05, 0) is 17.7 Å². The maximum Gasteiger partial charge on any atom is 0.232 e. The van der Waals surface area contributed by atoms with E-state index in [9.17, 15) is 4.79 Å². The van der Waals surface area contributed by atoms with Crippen LogP contribution in [-0.2, 0) is 4.79 Å². The van der Waals surface area contributed by atoms with Crippen LogP contribution in [0.1, 0.15) is 18.5 Å². The molecule has 1 heterocycles. The summed E-state index contributed by atoms with van der Waals surface area (Å²) < 4.78 is 0. The van der Waals surface area contributed by atoms with Crippen molar-refractivity contribution in [3.63, 3.8) is 0 Å². The Balaban J connectivity index is 1.97. The third-order valence-electron chi connectivity index (χ3n) is 3.55. The molecule has 3 rings (SSSR count). The van der Waals surface area contributed by atoms with Gasteiger partial charge in [-0.2, -0.15) is 0 Å². The maximum absolute atomic E-state index is 12.1. The molecule has 2 heteroatoms. The quantitative estimate of drug-likeness (QED) is 0.733. The van der Waals surface area contributed by atoms with E-state index in [1.165, 1.54) is 5.56 Å². The maximum atomic E-state index is 12.1. The molecule has 90 valence electrons. The molecule has 2 aromatic carbocycles. The van der Waals surface area contributed by atoms with Crippen LogP contribution in [0.3, 0.4) is 0 Å². The van der Waals surface area contributed by atoms with E-state index >= 15 is 0 Å². The van der Waals surface area contributed by atoms with E-state index in [1.807, 2.05) is 60.4 Å². The molecule has 0 unspecified atom stereocenters. The largest absolute Gasteiger partial charge is 0.304 e. The average molecular weight is 237 g/mol. The number of amides is 1. The molecule has 1 saturated heterocycles. The number of anilines is 1. The third kappa shape index (κ3) is 1.61. The molecule has 1 fully saturated rings. The van der Waals surface area contributed by atoms with Crippen molar-refractivity contribution in [2.75, 3.05) is 4.90 Å². The smallest absolute Gasteiger partial charge is 0.232 e. The van der Waals surface area contributed by atoms with Crippen LogP contribution in [0, 0.1) is 5.92 Å². The summed E-state index contributed by atoms with van der Waals surface area (Å²) >= 11 is 0. The van der Waals surface area contributed by atoms with Gasteiger partial charge < -0.3 is 4.90 Å². The van der Waals surface area contributed by atoms with Gasteiger partial charge in [-0.3, -0.25) is 4.79 Å². The average Bonchev–Trinajstić information content (AvgIpc) is 2.45. The van der Waals surface area contributed by atoms with Gasteiger partial charge in [0.25, 0.3) is 0 Å². The van der Waals surface area contributed by atoms with Crippen molar-refractivity contribution in [1.82, 2.24) is 0 Å². The van der Waals surface area contributed by atoms with Crippen molar-refractivity contribution in [1.29, 1.82) is 0 Å². The summed E-state index contributed by atoms with van der Waals surface area (Å²) in [6.45, 7) is 2.00. The topological polar surface area (TPSA) is 20.3 Å². The summed E-state index contributed by atoms with van der Waals surface area (Å²) in [7, 11) is 0. The molecule has 0 saturated carbocycles. The second-order valence-corrected chi connectivity index (χ2v) is 4.69. The highest BCUT2D eigenvalue weighted by atomic mass is 16.2. The second kappa shape index (κ2) is 4.30. The number of hydrogen-bond acceptors (Lipinski definition) is 1. The van der Waals surface area contributed by atoms with Gasteiger partial charge in [-0.1, -0.05) is 55.5 Å². The highest BCUT2D eigenvalue weighted by Crippen LogP contribution is 2.42. The number of carbonyl (C=O) groups is 1. The van der Waals surface area contributed by atoms with E-state index < -0.39 is 0 Å². The Kier molecular flexibility index (Phi) is 2.63. The fourth-order valence-electron chi connectivity index (χ4n) is 2.60. The van der Waals surface area contributed by atoms with Crippen molar-refractivity contribution in [3.05, 3.63) is 66.2 Å². The molecule has 2 atom stereocenters. The zero-order valence-electron chi connectivity index (χ0n) is 10.3. The van der Waals surface area contributed by atoms with Crippen LogP contribution in [0.15, 0.2) is 60.7 Å². The number of hydrogen-bond donors (Lipinski definition) is 0. The molecule has 2 aromatic rings. The predicted octanol–water partition coefficient (Wildman–Crippen LogP) is 3.41. The van der Waals surface area contributed by atoms with Crippen molar-refractivity contribution in [3.8, 4) is 0 Å². The number of carbonyl (C=O) groups excluding carboxylic acids is 1. The van der Waals surface area contributed by atoms with Crippen molar-refractivity contribution in [2.45, 2.75) is 13.0 Å². The molecule has 0 spiro atoms. The third-order valence-corrected chi connectivity index (χ3v) is 3.55. The first kappa shape index (κ1) is 11.0. The number of nitrogens with zero attached hydrogens (tertiary/aromatic N) is 1. The number of rotatable bonds is 2. The minimum absolute atomic E-state index is 0.0626. The van der Waals surface area contributed by atoms with Gasteiger partial charge in [0.15, 0.2) is 0 Å².